The molecule has 0 spiro atoms. The number of carboxylic acid groups (broad SMARTS) is 1. The zero-order chi connectivity index (χ0) is 26.1. The van der Waals surface area contributed by atoms with Gasteiger partial charge in [-0.1, -0.05) is 6.07 Å². The lowest BCUT2D eigenvalue weighted by molar-refractivity contribution is -0.153. The number of halogens is 6. The molecule has 194 valence electrons. The number of likely N-dealkylation sites (tertiary alicyclic amines) is 1. The van der Waals surface area contributed by atoms with Gasteiger partial charge in [0.25, 0.3) is 0 Å². The van der Waals surface area contributed by atoms with Crippen molar-refractivity contribution < 1.29 is 50.5 Å². The summed E-state index contributed by atoms with van der Waals surface area (Å²) in [7, 11) is 0. The third-order valence-electron chi connectivity index (χ3n) is 5.67. The van der Waals surface area contributed by atoms with Crippen LogP contribution in [0, 0.1) is 5.92 Å². The molecule has 4 rings (SSSR count). The van der Waals surface area contributed by atoms with Gasteiger partial charge in [0, 0.05) is 36.8 Å². The van der Waals surface area contributed by atoms with Gasteiger partial charge in [0.2, 0.25) is 0 Å². The maximum atomic E-state index is 13.5. The number of hydrogen-bond acceptors (Lipinski definition) is 5. The molecule has 0 saturated carbocycles. The summed E-state index contributed by atoms with van der Waals surface area (Å²) in [5.41, 5.74) is 0.292. The minimum atomic E-state index is -4.82. The van der Waals surface area contributed by atoms with Gasteiger partial charge in [-0.3, -0.25) is 9.69 Å². The summed E-state index contributed by atoms with van der Waals surface area (Å²) in [4.78, 5) is 12.9. The molecular formula is C24H21F6NO5. The molecule has 1 saturated heterocycles. The van der Waals surface area contributed by atoms with E-state index in [1.165, 1.54) is 0 Å². The van der Waals surface area contributed by atoms with Crippen molar-refractivity contribution in [2.24, 2.45) is 5.92 Å². The van der Waals surface area contributed by atoms with E-state index in [1.807, 2.05) is 11.0 Å². The number of fused-ring (bicyclic) bond motifs is 1. The van der Waals surface area contributed by atoms with Crippen LogP contribution in [0.4, 0.5) is 26.3 Å². The molecule has 0 amide bonds. The quantitative estimate of drug-likeness (QED) is 0.497. The number of carbonyl (C=O) groups is 1. The molecule has 12 heteroatoms. The third-order valence-corrected chi connectivity index (χ3v) is 5.67. The molecule has 2 aromatic carbocycles. The highest BCUT2D eigenvalue weighted by atomic mass is 19.4. The highest BCUT2D eigenvalue weighted by molar-refractivity contribution is 5.71. The number of hydrogen-bond donors (Lipinski definition) is 1. The van der Waals surface area contributed by atoms with Gasteiger partial charge in [-0.25, -0.2) is 0 Å². The standard InChI is InChI=1S/C24H21F6NO5/c25-23(26,27)13-36-18-4-2-16(20(6-18)24(28,29)30)12-34-19-3-1-15-5-14(11-35-21(15)7-19)8-31-9-17(10-31)22(32)33/h1-7,17H,8-13H2,(H,32,33). The fraction of sp³-hybridized carbons (Fsp3) is 0.375. The molecule has 2 aromatic rings. The van der Waals surface area contributed by atoms with E-state index in [-0.39, 0.29) is 23.8 Å². The van der Waals surface area contributed by atoms with Crippen molar-refractivity contribution in [2.75, 3.05) is 32.8 Å². The third kappa shape index (κ3) is 6.42. The summed E-state index contributed by atoms with van der Waals surface area (Å²) in [6.07, 6.45) is -7.58. The molecule has 1 fully saturated rings. The lowest BCUT2D eigenvalue weighted by Gasteiger charge is -2.37. The summed E-state index contributed by atoms with van der Waals surface area (Å²) >= 11 is 0. The van der Waals surface area contributed by atoms with Crippen molar-refractivity contribution in [3.05, 3.63) is 58.7 Å². The van der Waals surface area contributed by atoms with Crippen LogP contribution in [0.3, 0.4) is 0 Å². The molecular weight excluding hydrogens is 496 g/mol. The summed E-state index contributed by atoms with van der Waals surface area (Å²) in [6.45, 7) is -0.379. The Morgan fingerprint density at radius 3 is 2.39 bits per heavy atom. The van der Waals surface area contributed by atoms with Crippen LogP contribution in [-0.2, 0) is 17.6 Å². The van der Waals surface area contributed by atoms with Crippen LogP contribution in [0.5, 0.6) is 17.2 Å². The maximum absolute atomic E-state index is 13.5. The Hall–Kier alpha value is -3.41. The minimum absolute atomic E-state index is 0.253. The van der Waals surface area contributed by atoms with Crippen LogP contribution >= 0.6 is 0 Å². The van der Waals surface area contributed by atoms with Gasteiger partial charge in [-0.05, 0) is 35.9 Å². The molecule has 36 heavy (non-hydrogen) atoms. The van der Waals surface area contributed by atoms with E-state index in [2.05, 4.69) is 4.74 Å². The highest BCUT2D eigenvalue weighted by Gasteiger charge is 2.35. The number of rotatable bonds is 8. The molecule has 0 aromatic heterocycles. The van der Waals surface area contributed by atoms with Gasteiger partial charge in [0.1, 0.15) is 30.5 Å². The summed E-state index contributed by atoms with van der Waals surface area (Å²) < 4.78 is 93.1. The molecule has 0 bridgehead atoms. The predicted octanol–water partition coefficient (Wildman–Crippen LogP) is 5.02. The van der Waals surface area contributed by atoms with Crippen LogP contribution in [-0.4, -0.2) is 55.0 Å². The second-order valence-electron chi connectivity index (χ2n) is 8.53. The van der Waals surface area contributed by atoms with E-state index >= 15 is 0 Å². The number of carboxylic acids is 1. The zero-order valence-electron chi connectivity index (χ0n) is 18.7. The number of benzene rings is 2. The van der Waals surface area contributed by atoms with Crippen LogP contribution in [0.25, 0.3) is 6.08 Å². The van der Waals surface area contributed by atoms with Gasteiger partial charge in [0.15, 0.2) is 6.61 Å². The van der Waals surface area contributed by atoms with Crippen molar-refractivity contribution >= 4 is 12.0 Å². The Balaban J connectivity index is 1.40. The summed E-state index contributed by atoms with van der Waals surface area (Å²) in [5, 5.41) is 8.97. The van der Waals surface area contributed by atoms with Gasteiger partial charge < -0.3 is 19.3 Å². The van der Waals surface area contributed by atoms with E-state index in [9.17, 15) is 31.1 Å². The first-order valence-corrected chi connectivity index (χ1v) is 10.8. The highest BCUT2D eigenvalue weighted by Crippen LogP contribution is 2.36. The van der Waals surface area contributed by atoms with Gasteiger partial charge in [-0.2, -0.15) is 26.3 Å². The second-order valence-corrected chi connectivity index (χ2v) is 8.53. The smallest absolute Gasteiger partial charge is 0.422 e. The average molecular weight is 517 g/mol. The topological polar surface area (TPSA) is 68.2 Å². The van der Waals surface area contributed by atoms with Gasteiger partial charge >= 0.3 is 18.3 Å². The molecule has 2 aliphatic rings. The Labute approximate surface area is 201 Å². The SMILES string of the molecule is O=C(O)C1CN(CC2=Cc3ccc(OCc4ccc(OCC(F)(F)F)cc4C(F)(F)F)cc3OC2)C1. The van der Waals surface area contributed by atoms with Crippen LogP contribution in [0.1, 0.15) is 16.7 Å². The molecule has 2 aliphatic heterocycles. The van der Waals surface area contributed by atoms with E-state index in [1.54, 1.807) is 18.2 Å². The molecule has 2 heterocycles. The summed E-state index contributed by atoms with van der Waals surface area (Å²) in [5.74, 6) is -0.988. The largest absolute Gasteiger partial charge is 0.489 e. The van der Waals surface area contributed by atoms with E-state index in [4.69, 9.17) is 14.6 Å². The monoisotopic (exact) mass is 517 g/mol. The molecule has 0 aliphatic carbocycles. The normalized spacial score (nSPS) is 16.4. The zero-order valence-corrected chi connectivity index (χ0v) is 18.7. The van der Waals surface area contributed by atoms with Crippen molar-refractivity contribution in [2.45, 2.75) is 19.0 Å². The van der Waals surface area contributed by atoms with Crippen LogP contribution in [0.2, 0.25) is 0 Å². The lowest BCUT2D eigenvalue weighted by atomic mass is 9.98. The van der Waals surface area contributed by atoms with E-state index in [0.717, 1.165) is 23.3 Å². The first-order chi connectivity index (χ1) is 16.9. The maximum Gasteiger partial charge on any atom is 0.422 e. The number of alkyl halides is 6. The van der Waals surface area contributed by atoms with E-state index < -0.39 is 42.8 Å². The Morgan fingerprint density at radius 2 is 1.72 bits per heavy atom. The van der Waals surface area contributed by atoms with Crippen molar-refractivity contribution in [1.82, 2.24) is 4.90 Å². The Kier molecular flexibility index (Phi) is 7.07. The van der Waals surface area contributed by atoms with Crippen molar-refractivity contribution in [1.29, 1.82) is 0 Å². The fourth-order valence-electron chi connectivity index (χ4n) is 3.88. The number of ether oxygens (including phenoxy) is 3. The predicted molar refractivity (Wildman–Crippen MR) is 115 cm³/mol. The molecule has 0 unspecified atom stereocenters. The number of nitrogens with zero attached hydrogens (tertiary/aromatic N) is 1. The fourth-order valence-corrected chi connectivity index (χ4v) is 3.88. The first kappa shape index (κ1) is 25.7. The van der Waals surface area contributed by atoms with Crippen LogP contribution < -0.4 is 14.2 Å². The van der Waals surface area contributed by atoms with Crippen molar-refractivity contribution in [3.63, 3.8) is 0 Å². The summed E-state index contributed by atoms with van der Waals surface area (Å²) in [6, 6.07) is 7.37. The number of aliphatic carboxylic acids is 1. The minimum Gasteiger partial charge on any atom is -0.489 e. The van der Waals surface area contributed by atoms with Crippen LogP contribution in [0.15, 0.2) is 42.0 Å². The van der Waals surface area contributed by atoms with Crippen molar-refractivity contribution in [3.8, 4) is 17.2 Å². The average Bonchev–Trinajstić information content (AvgIpc) is 2.77. The molecule has 1 N–H and O–H groups in total. The molecule has 0 radical (unpaired) electrons. The second kappa shape index (κ2) is 9.92. The molecule has 0 atom stereocenters. The Morgan fingerprint density at radius 1 is 1.03 bits per heavy atom. The Bertz CT molecular complexity index is 1150. The van der Waals surface area contributed by atoms with Gasteiger partial charge in [-0.15, -0.1) is 0 Å². The first-order valence-electron chi connectivity index (χ1n) is 10.8. The lowest BCUT2D eigenvalue weighted by Crippen LogP contribution is -2.51. The molecule has 6 nitrogen and oxygen atoms in total. The van der Waals surface area contributed by atoms with E-state index in [0.29, 0.717) is 31.5 Å². The van der Waals surface area contributed by atoms with Gasteiger partial charge in [0.05, 0.1) is 11.5 Å².